The van der Waals surface area contributed by atoms with E-state index < -0.39 is 0 Å². The zero-order valence-electron chi connectivity index (χ0n) is 10.3. The lowest BCUT2D eigenvalue weighted by molar-refractivity contribution is 0.0999. The quantitative estimate of drug-likeness (QED) is 0.829. The first-order valence-electron chi connectivity index (χ1n) is 6.36. The van der Waals surface area contributed by atoms with Gasteiger partial charge in [-0.25, -0.2) is 0 Å². The summed E-state index contributed by atoms with van der Waals surface area (Å²) in [5.41, 5.74) is 8.54. The molecule has 1 aliphatic carbocycles. The van der Waals surface area contributed by atoms with Gasteiger partial charge >= 0.3 is 0 Å². The van der Waals surface area contributed by atoms with Crippen molar-refractivity contribution in [3.05, 3.63) is 34.9 Å². The molecular weight excluding hydrogens is 212 g/mol. The van der Waals surface area contributed by atoms with Crippen molar-refractivity contribution in [1.82, 2.24) is 5.32 Å². The monoisotopic (exact) mass is 232 g/mol. The molecule has 0 spiro atoms. The number of rotatable bonds is 4. The van der Waals surface area contributed by atoms with Crippen LogP contribution in [0.15, 0.2) is 18.2 Å². The molecule has 1 aliphatic rings. The summed E-state index contributed by atoms with van der Waals surface area (Å²) in [6.07, 6.45) is 4.22. The van der Waals surface area contributed by atoms with Gasteiger partial charge in [0.05, 0.1) is 0 Å². The smallest absolute Gasteiger partial charge is 0.248 e. The molecule has 0 bridgehead atoms. The van der Waals surface area contributed by atoms with Gasteiger partial charge in [-0.2, -0.15) is 0 Å². The highest BCUT2D eigenvalue weighted by Gasteiger charge is 2.21. The molecule has 2 rings (SSSR count). The zero-order valence-corrected chi connectivity index (χ0v) is 10.3. The third-order valence-electron chi connectivity index (χ3n) is 3.43. The molecule has 1 atom stereocenters. The number of primary amides is 1. The van der Waals surface area contributed by atoms with Gasteiger partial charge in [0, 0.05) is 11.6 Å². The Bertz CT molecular complexity index is 415. The van der Waals surface area contributed by atoms with Crippen LogP contribution in [0.4, 0.5) is 0 Å². The zero-order chi connectivity index (χ0) is 12.3. The van der Waals surface area contributed by atoms with Gasteiger partial charge in [0.25, 0.3) is 0 Å². The van der Waals surface area contributed by atoms with Crippen LogP contribution in [0.1, 0.15) is 41.3 Å². The van der Waals surface area contributed by atoms with Gasteiger partial charge < -0.3 is 11.1 Å². The van der Waals surface area contributed by atoms with Crippen molar-refractivity contribution < 1.29 is 4.79 Å². The Balaban J connectivity index is 2.16. The van der Waals surface area contributed by atoms with Crippen molar-refractivity contribution in [3.63, 3.8) is 0 Å². The summed E-state index contributed by atoms with van der Waals surface area (Å²) in [6.45, 7) is 3.24. The van der Waals surface area contributed by atoms with Crippen LogP contribution < -0.4 is 11.1 Å². The Morgan fingerprint density at radius 1 is 1.53 bits per heavy atom. The number of nitrogens with one attached hydrogen (secondary N) is 1. The fourth-order valence-electron chi connectivity index (χ4n) is 2.56. The number of hydrogen-bond acceptors (Lipinski definition) is 2. The molecule has 1 aromatic rings. The standard InChI is InChI=1S/C14H20N2O/c1-2-8-16-11-6-7-12-10(9-11)4-3-5-13(12)14(15)17/h3-5,11,16H,2,6-9H2,1H3,(H2,15,17)/t11-/m0/s1. The van der Waals surface area contributed by atoms with E-state index in [0.29, 0.717) is 11.6 Å². The summed E-state index contributed by atoms with van der Waals surface area (Å²) >= 11 is 0. The van der Waals surface area contributed by atoms with Gasteiger partial charge in [-0.3, -0.25) is 4.79 Å². The van der Waals surface area contributed by atoms with Crippen molar-refractivity contribution in [2.24, 2.45) is 5.73 Å². The minimum atomic E-state index is -0.304. The first-order valence-corrected chi connectivity index (χ1v) is 6.36. The molecule has 17 heavy (non-hydrogen) atoms. The molecule has 0 heterocycles. The molecule has 0 fully saturated rings. The largest absolute Gasteiger partial charge is 0.366 e. The molecule has 0 saturated heterocycles. The fraction of sp³-hybridized carbons (Fsp3) is 0.500. The summed E-state index contributed by atoms with van der Waals surface area (Å²) in [5.74, 6) is -0.304. The molecule has 0 saturated carbocycles. The second kappa shape index (κ2) is 5.32. The summed E-state index contributed by atoms with van der Waals surface area (Å²) in [7, 11) is 0. The van der Waals surface area contributed by atoms with E-state index in [4.69, 9.17) is 5.73 Å². The fourth-order valence-corrected chi connectivity index (χ4v) is 2.56. The van der Waals surface area contributed by atoms with Crippen LogP contribution in [0.2, 0.25) is 0 Å². The maximum atomic E-state index is 11.3. The average molecular weight is 232 g/mol. The molecule has 1 aromatic carbocycles. The Hall–Kier alpha value is -1.35. The van der Waals surface area contributed by atoms with Crippen LogP contribution in [-0.2, 0) is 12.8 Å². The van der Waals surface area contributed by atoms with Crippen LogP contribution in [0.25, 0.3) is 0 Å². The number of carbonyl (C=O) groups excluding carboxylic acids is 1. The van der Waals surface area contributed by atoms with Crippen molar-refractivity contribution in [2.45, 2.75) is 38.6 Å². The van der Waals surface area contributed by atoms with E-state index in [2.05, 4.69) is 18.3 Å². The minimum absolute atomic E-state index is 0.304. The normalized spacial score (nSPS) is 18.8. The number of fused-ring (bicyclic) bond motifs is 1. The molecule has 1 amide bonds. The number of carbonyl (C=O) groups is 1. The first-order chi connectivity index (χ1) is 8.22. The predicted molar refractivity (Wildman–Crippen MR) is 69.1 cm³/mol. The van der Waals surface area contributed by atoms with E-state index in [1.54, 1.807) is 0 Å². The lowest BCUT2D eigenvalue weighted by Crippen LogP contribution is -2.35. The van der Waals surface area contributed by atoms with Crippen molar-refractivity contribution in [2.75, 3.05) is 6.54 Å². The first kappa shape index (κ1) is 12.1. The molecule has 3 nitrogen and oxygen atoms in total. The number of benzene rings is 1. The second-order valence-electron chi connectivity index (χ2n) is 4.70. The third kappa shape index (κ3) is 2.67. The molecule has 3 heteroatoms. The van der Waals surface area contributed by atoms with Crippen molar-refractivity contribution in [1.29, 1.82) is 0 Å². The molecule has 0 aliphatic heterocycles. The highest BCUT2D eigenvalue weighted by molar-refractivity contribution is 5.94. The molecule has 3 N–H and O–H groups in total. The van der Waals surface area contributed by atoms with E-state index in [0.717, 1.165) is 37.8 Å². The van der Waals surface area contributed by atoms with Gasteiger partial charge in [-0.1, -0.05) is 19.1 Å². The molecule has 0 radical (unpaired) electrons. The van der Waals surface area contributed by atoms with Gasteiger partial charge in [0.1, 0.15) is 0 Å². The van der Waals surface area contributed by atoms with E-state index in [-0.39, 0.29) is 5.91 Å². The van der Waals surface area contributed by atoms with E-state index >= 15 is 0 Å². The topological polar surface area (TPSA) is 55.1 Å². The molecule has 92 valence electrons. The van der Waals surface area contributed by atoms with Gasteiger partial charge in [0.2, 0.25) is 5.91 Å². The van der Waals surface area contributed by atoms with E-state index in [1.165, 1.54) is 5.56 Å². The minimum Gasteiger partial charge on any atom is -0.366 e. The Morgan fingerprint density at radius 3 is 3.06 bits per heavy atom. The van der Waals surface area contributed by atoms with Crippen molar-refractivity contribution >= 4 is 5.91 Å². The summed E-state index contributed by atoms with van der Waals surface area (Å²) in [6, 6.07) is 6.43. The lowest BCUT2D eigenvalue weighted by atomic mass is 9.85. The van der Waals surface area contributed by atoms with Crippen LogP contribution in [0.3, 0.4) is 0 Å². The predicted octanol–water partition coefficient (Wildman–Crippen LogP) is 1.64. The Labute approximate surface area is 102 Å². The van der Waals surface area contributed by atoms with Crippen molar-refractivity contribution in [3.8, 4) is 0 Å². The highest BCUT2D eigenvalue weighted by atomic mass is 16.1. The Kier molecular flexibility index (Phi) is 3.79. The SMILES string of the molecule is CCCN[C@H]1CCc2c(cccc2C(N)=O)C1. The number of amides is 1. The molecule has 0 aromatic heterocycles. The highest BCUT2D eigenvalue weighted by Crippen LogP contribution is 2.24. The summed E-state index contributed by atoms with van der Waals surface area (Å²) in [4.78, 5) is 11.3. The molecular formula is C14H20N2O. The number of nitrogens with two attached hydrogens (primary N) is 1. The van der Waals surface area contributed by atoms with E-state index in [1.807, 2.05) is 12.1 Å². The van der Waals surface area contributed by atoms with Gasteiger partial charge in [0.15, 0.2) is 0 Å². The van der Waals surface area contributed by atoms with E-state index in [9.17, 15) is 4.79 Å². The van der Waals surface area contributed by atoms with Gasteiger partial charge in [-0.15, -0.1) is 0 Å². The third-order valence-corrected chi connectivity index (χ3v) is 3.43. The summed E-state index contributed by atoms with van der Waals surface area (Å²) in [5, 5.41) is 3.54. The van der Waals surface area contributed by atoms with Crippen LogP contribution in [0.5, 0.6) is 0 Å². The van der Waals surface area contributed by atoms with Crippen LogP contribution >= 0.6 is 0 Å². The summed E-state index contributed by atoms with van der Waals surface area (Å²) < 4.78 is 0. The van der Waals surface area contributed by atoms with Crippen LogP contribution in [-0.4, -0.2) is 18.5 Å². The Morgan fingerprint density at radius 2 is 2.35 bits per heavy atom. The average Bonchev–Trinajstić information content (AvgIpc) is 2.35. The molecule has 0 unspecified atom stereocenters. The second-order valence-corrected chi connectivity index (χ2v) is 4.70. The maximum absolute atomic E-state index is 11.3. The van der Waals surface area contributed by atoms with Crippen LogP contribution in [0, 0.1) is 0 Å². The maximum Gasteiger partial charge on any atom is 0.248 e. The number of hydrogen-bond donors (Lipinski definition) is 2. The van der Waals surface area contributed by atoms with Gasteiger partial charge in [-0.05, 0) is 49.4 Å². The lowest BCUT2D eigenvalue weighted by Gasteiger charge is -2.26.